The standard InChI is InChI=1S/C14H26N4O3S/c1-8(2)18(9(3)4)13(21)7-22-14-16-10(5-11(15)19)6-12(20)17-14/h8-10,14,16H,5-7H2,1-4H3,(H2,15,19)(H,17,20). The number of rotatable bonds is 7. The van der Waals surface area contributed by atoms with Crippen LogP contribution in [-0.2, 0) is 14.4 Å². The molecule has 0 aliphatic carbocycles. The Morgan fingerprint density at radius 2 is 1.91 bits per heavy atom. The first-order chi connectivity index (χ1) is 10.2. The van der Waals surface area contributed by atoms with Gasteiger partial charge in [-0.25, -0.2) is 0 Å². The predicted molar refractivity (Wildman–Crippen MR) is 86.9 cm³/mol. The van der Waals surface area contributed by atoms with Crippen molar-refractivity contribution < 1.29 is 14.4 Å². The van der Waals surface area contributed by atoms with Crippen molar-refractivity contribution in [2.24, 2.45) is 5.73 Å². The zero-order valence-electron chi connectivity index (χ0n) is 13.6. The molecular formula is C14H26N4O3S. The van der Waals surface area contributed by atoms with Gasteiger partial charge in [0.2, 0.25) is 17.7 Å². The molecule has 126 valence electrons. The van der Waals surface area contributed by atoms with E-state index < -0.39 is 5.91 Å². The molecule has 0 aromatic carbocycles. The highest BCUT2D eigenvalue weighted by Gasteiger charge is 2.28. The average molecular weight is 330 g/mol. The minimum Gasteiger partial charge on any atom is -0.370 e. The fourth-order valence-corrected chi connectivity index (χ4v) is 3.57. The summed E-state index contributed by atoms with van der Waals surface area (Å²) in [6.45, 7) is 7.91. The second kappa shape index (κ2) is 8.38. The second-order valence-corrected chi connectivity index (χ2v) is 7.08. The lowest BCUT2D eigenvalue weighted by Gasteiger charge is -2.33. The molecule has 0 aromatic rings. The van der Waals surface area contributed by atoms with Gasteiger partial charge in [0.15, 0.2) is 0 Å². The van der Waals surface area contributed by atoms with Crippen molar-refractivity contribution in [3.05, 3.63) is 0 Å². The maximum atomic E-state index is 12.3. The number of carbonyl (C=O) groups is 3. The lowest BCUT2D eigenvalue weighted by atomic mass is 10.1. The summed E-state index contributed by atoms with van der Waals surface area (Å²) in [6.07, 6.45) is 0.334. The van der Waals surface area contributed by atoms with Crippen LogP contribution in [0.1, 0.15) is 40.5 Å². The Labute approximate surface area is 135 Å². The van der Waals surface area contributed by atoms with Gasteiger partial charge in [-0.15, -0.1) is 11.8 Å². The predicted octanol–water partition coefficient (Wildman–Crippen LogP) is 0.00210. The Morgan fingerprint density at radius 1 is 1.32 bits per heavy atom. The minimum absolute atomic E-state index is 0.0306. The van der Waals surface area contributed by atoms with Gasteiger partial charge in [-0.1, -0.05) is 0 Å². The molecule has 3 amide bonds. The normalized spacial score (nSPS) is 21.8. The van der Waals surface area contributed by atoms with Crippen LogP contribution in [0.5, 0.6) is 0 Å². The topological polar surface area (TPSA) is 105 Å². The third-order valence-corrected chi connectivity index (χ3v) is 4.33. The average Bonchev–Trinajstić information content (AvgIpc) is 2.33. The molecule has 8 heteroatoms. The number of nitrogens with two attached hydrogens (primary N) is 1. The molecule has 1 heterocycles. The second-order valence-electron chi connectivity index (χ2n) is 5.99. The van der Waals surface area contributed by atoms with E-state index in [-0.39, 0.29) is 54.0 Å². The molecule has 0 radical (unpaired) electrons. The van der Waals surface area contributed by atoms with Gasteiger partial charge in [-0.2, -0.15) is 0 Å². The van der Waals surface area contributed by atoms with Crippen LogP contribution in [-0.4, -0.2) is 52.0 Å². The summed E-state index contributed by atoms with van der Waals surface area (Å²) in [5.41, 5.74) is 4.79. The summed E-state index contributed by atoms with van der Waals surface area (Å²) in [4.78, 5) is 36.7. The van der Waals surface area contributed by atoms with Gasteiger partial charge < -0.3 is 16.0 Å². The Bertz CT molecular complexity index is 418. The van der Waals surface area contributed by atoms with Gasteiger partial charge in [-0.3, -0.25) is 19.7 Å². The van der Waals surface area contributed by atoms with E-state index in [1.54, 1.807) is 0 Å². The number of thioether (sulfide) groups is 1. The molecule has 4 N–H and O–H groups in total. The summed E-state index contributed by atoms with van der Waals surface area (Å²) in [5, 5.41) is 5.89. The zero-order valence-corrected chi connectivity index (χ0v) is 14.4. The van der Waals surface area contributed by atoms with E-state index in [2.05, 4.69) is 10.6 Å². The van der Waals surface area contributed by atoms with E-state index in [0.29, 0.717) is 0 Å². The SMILES string of the molecule is CC(C)N(C(=O)CSC1NC(=O)CC(CC(N)=O)N1)C(C)C. The van der Waals surface area contributed by atoms with Crippen molar-refractivity contribution >= 4 is 29.5 Å². The fraction of sp³-hybridized carbons (Fsp3) is 0.786. The van der Waals surface area contributed by atoms with Crippen molar-refractivity contribution in [1.29, 1.82) is 0 Å². The van der Waals surface area contributed by atoms with Crippen LogP contribution in [0.2, 0.25) is 0 Å². The first-order valence-electron chi connectivity index (χ1n) is 7.47. The monoisotopic (exact) mass is 330 g/mol. The number of nitrogens with one attached hydrogen (secondary N) is 2. The van der Waals surface area contributed by atoms with Gasteiger partial charge in [-0.05, 0) is 27.7 Å². The summed E-state index contributed by atoms with van der Waals surface area (Å²) in [7, 11) is 0. The summed E-state index contributed by atoms with van der Waals surface area (Å²) in [5.74, 6) is -0.294. The van der Waals surface area contributed by atoms with Crippen LogP contribution in [0.15, 0.2) is 0 Å². The number of hydrogen-bond acceptors (Lipinski definition) is 5. The Kier molecular flexibility index (Phi) is 7.15. The third-order valence-electron chi connectivity index (χ3n) is 3.33. The minimum atomic E-state index is -0.446. The van der Waals surface area contributed by atoms with E-state index in [4.69, 9.17) is 5.73 Å². The highest BCUT2D eigenvalue weighted by atomic mass is 32.2. The van der Waals surface area contributed by atoms with Crippen LogP contribution in [0.4, 0.5) is 0 Å². The van der Waals surface area contributed by atoms with Gasteiger partial charge in [0.25, 0.3) is 0 Å². The summed E-state index contributed by atoms with van der Waals surface area (Å²) >= 11 is 1.32. The highest BCUT2D eigenvalue weighted by molar-refractivity contribution is 8.00. The van der Waals surface area contributed by atoms with Crippen LogP contribution in [0.3, 0.4) is 0 Å². The number of carbonyl (C=O) groups excluding carboxylic acids is 3. The zero-order chi connectivity index (χ0) is 16.9. The van der Waals surface area contributed by atoms with Crippen molar-refractivity contribution in [3.63, 3.8) is 0 Å². The third kappa shape index (κ3) is 5.84. The van der Waals surface area contributed by atoms with Crippen LogP contribution < -0.4 is 16.4 Å². The molecule has 1 rings (SSSR count). The van der Waals surface area contributed by atoms with E-state index in [0.717, 1.165) is 0 Å². The Hall–Kier alpha value is -1.28. The molecule has 1 saturated heterocycles. The first kappa shape index (κ1) is 18.8. The van der Waals surface area contributed by atoms with Crippen LogP contribution >= 0.6 is 11.8 Å². The molecule has 0 bridgehead atoms. The number of nitrogens with zero attached hydrogens (tertiary/aromatic N) is 1. The quantitative estimate of drug-likeness (QED) is 0.609. The van der Waals surface area contributed by atoms with Crippen molar-refractivity contribution in [3.8, 4) is 0 Å². The first-order valence-corrected chi connectivity index (χ1v) is 8.52. The Balaban J connectivity index is 2.53. The van der Waals surface area contributed by atoms with E-state index >= 15 is 0 Å². The van der Waals surface area contributed by atoms with Crippen molar-refractivity contribution in [2.45, 2.75) is 64.2 Å². The van der Waals surface area contributed by atoms with Gasteiger partial charge in [0.05, 0.1) is 5.75 Å². The molecule has 0 spiro atoms. The molecule has 22 heavy (non-hydrogen) atoms. The smallest absolute Gasteiger partial charge is 0.233 e. The molecule has 1 aliphatic heterocycles. The molecule has 2 atom stereocenters. The molecule has 1 aliphatic rings. The van der Waals surface area contributed by atoms with Crippen LogP contribution in [0, 0.1) is 0 Å². The fourth-order valence-electron chi connectivity index (χ4n) is 2.61. The maximum Gasteiger partial charge on any atom is 0.233 e. The lowest BCUT2D eigenvalue weighted by Crippen LogP contribution is -2.56. The summed E-state index contributed by atoms with van der Waals surface area (Å²) < 4.78 is 0. The van der Waals surface area contributed by atoms with Gasteiger partial charge in [0, 0.05) is 31.0 Å². The molecule has 2 unspecified atom stereocenters. The number of hydrogen-bond donors (Lipinski definition) is 3. The molecule has 1 fully saturated rings. The molecule has 0 aromatic heterocycles. The summed E-state index contributed by atoms with van der Waals surface area (Å²) in [6, 6.07) is -0.0145. The van der Waals surface area contributed by atoms with E-state index in [1.165, 1.54) is 11.8 Å². The van der Waals surface area contributed by atoms with Crippen molar-refractivity contribution in [1.82, 2.24) is 15.5 Å². The van der Waals surface area contributed by atoms with Gasteiger partial charge >= 0.3 is 0 Å². The number of amides is 3. The number of primary amides is 1. The van der Waals surface area contributed by atoms with Gasteiger partial charge in [0.1, 0.15) is 5.50 Å². The molecule has 0 saturated carbocycles. The Morgan fingerprint density at radius 3 is 2.41 bits per heavy atom. The molecule has 7 nitrogen and oxygen atoms in total. The van der Waals surface area contributed by atoms with Crippen molar-refractivity contribution in [2.75, 3.05) is 5.75 Å². The largest absolute Gasteiger partial charge is 0.370 e. The van der Waals surface area contributed by atoms with E-state index in [1.807, 2.05) is 32.6 Å². The lowest BCUT2D eigenvalue weighted by molar-refractivity contribution is -0.132. The van der Waals surface area contributed by atoms with E-state index in [9.17, 15) is 14.4 Å². The molecular weight excluding hydrogens is 304 g/mol. The maximum absolute atomic E-state index is 12.3. The van der Waals surface area contributed by atoms with Crippen LogP contribution in [0.25, 0.3) is 0 Å². The highest BCUT2D eigenvalue weighted by Crippen LogP contribution is 2.16.